The van der Waals surface area contributed by atoms with Gasteiger partial charge in [0.25, 0.3) is 5.69 Å². The second-order valence-electron chi connectivity index (χ2n) is 4.35. The van der Waals surface area contributed by atoms with E-state index in [4.69, 9.17) is 23.2 Å². The first-order chi connectivity index (χ1) is 9.47. The number of nitro groups is 1. The molecule has 8 heteroatoms. The highest BCUT2D eigenvalue weighted by Crippen LogP contribution is 2.34. The lowest BCUT2D eigenvalue weighted by Crippen LogP contribution is -2.21. The fourth-order valence-electron chi connectivity index (χ4n) is 1.83. The van der Waals surface area contributed by atoms with E-state index in [0.717, 1.165) is 0 Å². The first-order valence-electron chi connectivity index (χ1n) is 5.83. The summed E-state index contributed by atoms with van der Waals surface area (Å²) in [7, 11) is 0. The lowest BCUT2D eigenvalue weighted by Gasteiger charge is -2.16. The molecule has 0 bridgehead atoms. The molecule has 106 valence electrons. The first kappa shape index (κ1) is 14.6. The summed E-state index contributed by atoms with van der Waals surface area (Å²) < 4.78 is 1.88. The highest BCUT2D eigenvalue weighted by Gasteiger charge is 2.18. The van der Waals surface area contributed by atoms with Gasteiger partial charge in [0.15, 0.2) is 0 Å². The van der Waals surface area contributed by atoms with Crippen molar-refractivity contribution >= 4 is 34.6 Å². The van der Waals surface area contributed by atoms with Crippen LogP contribution in [0.3, 0.4) is 0 Å². The summed E-state index contributed by atoms with van der Waals surface area (Å²) in [6.45, 7) is 2.53. The Balaban J connectivity index is 2.19. The molecule has 1 heterocycles. The number of imidazole rings is 1. The summed E-state index contributed by atoms with van der Waals surface area (Å²) in [5.74, 6) is 0. The molecule has 0 aliphatic heterocycles. The van der Waals surface area contributed by atoms with Crippen LogP contribution in [0.4, 0.5) is 11.4 Å². The molecule has 0 fully saturated rings. The van der Waals surface area contributed by atoms with Crippen LogP contribution in [-0.4, -0.2) is 20.5 Å². The summed E-state index contributed by atoms with van der Waals surface area (Å²) in [5.41, 5.74) is 0.244. The molecule has 0 amide bonds. The van der Waals surface area contributed by atoms with Gasteiger partial charge in [-0.25, -0.2) is 4.98 Å². The van der Waals surface area contributed by atoms with Crippen LogP contribution in [0, 0.1) is 10.1 Å². The molecule has 1 aromatic heterocycles. The molecule has 0 saturated heterocycles. The van der Waals surface area contributed by atoms with Gasteiger partial charge >= 0.3 is 0 Å². The minimum Gasteiger partial charge on any atom is -0.375 e. The Hall–Kier alpha value is -1.79. The second-order valence-corrected chi connectivity index (χ2v) is 5.16. The molecule has 1 aromatic carbocycles. The van der Waals surface area contributed by atoms with E-state index in [1.807, 2.05) is 17.7 Å². The lowest BCUT2D eigenvalue weighted by atomic mass is 10.2. The third-order valence-corrected chi connectivity index (χ3v) is 3.40. The van der Waals surface area contributed by atoms with E-state index in [2.05, 4.69) is 10.3 Å². The fraction of sp³-hybridized carbons (Fsp3) is 0.250. The third-order valence-electron chi connectivity index (χ3n) is 2.68. The normalized spacial score (nSPS) is 12.2. The van der Waals surface area contributed by atoms with Gasteiger partial charge in [-0.05, 0) is 13.0 Å². The van der Waals surface area contributed by atoms with Crippen LogP contribution in [0.5, 0.6) is 0 Å². The van der Waals surface area contributed by atoms with Crippen molar-refractivity contribution in [2.24, 2.45) is 0 Å². The molecule has 6 nitrogen and oxygen atoms in total. The zero-order chi connectivity index (χ0) is 14.7. The van der Waals surface area contributed by atoms with E-state index in [1.165, 1.54) is 12.1 Å². The Kier molecular flexibility index (Phi) is 4.46. The van der Waals surface area contributed by atoms with Gasteiger partial charge in [0.05, 0.1) is 21.3 Å². The van der Waals surface area contributed by atoms with E-state index < -0.39 is 4.92 Å². The molecule has 1 atom stereocenters. The van der Waals surface area contributed by atoms with Gasteiger partial charge in [0, 0.05) is 31.0 Å². The number of nitrogens with one attached hydrogen (secondary N) is 1. The van der Waals surface area contributed by atoms with Gasteiger partial charge in [-0.2, -0.15) is 0 Å². The van der Waals surface area contributed by atoms with E-state index in [0.29, 0.717) is 12.2 Å². The van der Waals surface area contributed by atoms with Gasteiger partial charge in [0.1, 0.15) is 5.69 Å². The standard InChI is InChI=1S/C12H12Cl2N4O2/c1-8(6-17-3-2-15-7-17)16-11-4-9(13)10(14)5-12(11)18(19)20/h2-5,7-8,16H,6H2,1H3. The van der Waals surface area contributed by atoms with E-state index in [9.17, 15) is 10.1 Å². The zero-order valence-corrected chi connectivity index (χ0v) is 12.1. The fourth-order valence-corrected chi connectivity index (χ4v) is 2.15. The highest BCUT2D eigenvalue weighted by molar-refractivity contribution is 6.42. The van der Waals surface area contributed by atoms with Crippen molar-refractivity contribution < 1.29 is 4.92 Å². The minimum absolute atomic E-state index is 0.0415. The summed E-state index contributed by atoms with van der Waals surface area (Å²) in [5, 5.41) is 14.5. The van der Waals surface area contributed by atoms with Gasteiger partial charge in [-0.3, -0.25) is 10.1 Å². The predicted octanol–water partition coefficient (Wildman–Crippen LogP) is 3.60. The van der Waals surface area contributed by atoms with E-state index in [-0.39, 0.29) is 21.8 Å². The molecule has 20 heavy (non-hydrogen) atoms. The molecule has 0 radical (unpaired) electrons. The van der Waals surface area contributed by atoms with Crippen molar-refractivity contribution in [2.75, 3.05) is 5.32 Å². The topological polar surface area (TPSA) is 73.0 Å². The van der Waals surface area contributed by atoms with Crippen molar-refractivity contribution in [1.29, 1.82) is 0 Å². The summed E-state index contributed by atoms with van der Waals surface area (Å²) in [6.07, 6.45) is 5.18. The maximum atomic E-state index is 11.0. The molecule has 0 aliphatic carbocycles. The summed E-state index contributed by atoms with van der Waals surface area (Å²) >= 11 is 11.7. The zero-order valence-electron chi connectivity index (χ0n) is 10.6. The van der Waals surface area contributed by atoms with E-state index >= 15 is 0 Å². The first-order valence-corrected chi connectivity index (χ1v) is 6.58. The van der Waals surface area contributed by atoms with Crippen LogP contribution in [0.15, 0.2) is 30.9 Å². The number of aromatic nitrogens is 2. The lowest BCUT2D eigenvalue weighted by molar-refractivity contribution is -0.384. The number of benzene rings is 1. The van der Waals surface area contributed by atoms with Crippen LogP contribution < -0.4 is 5.32 Å². The van der Waals surface area contributed by atoms with Crippen LogP contribution in [0.2, 0.25) is 10.0 Å². The Morgan fingerprint density at radius 3 is 2.75 bits per heavy atom. The van der Waals surface area contributed by atoms with Crippen molar-refractivity contribution in [2.45, 2.75) is 19.5 Å². The second kappa shape index (κ2) is 6.11. The average molecular weight is 315 g/mol. The molecular formula is C12H12Cl2N4O2. The van der Waals surface area contributed by atoms with Crippen molar-refractivity contribution in [1.82, 2.24) is 9.55 Å². The molecule has 1 unspecified atom stereocenters. The summed E-state index contributed by atoms with van der Waals surface area (Å²) in [4.78, 5) is 14.5. The van der Waals surface area contributed by atoms with Crippen molar-refractivity contribution in [3.05, 3.63) is 51.0 Å². The van der Waals surface area contributed by atoms with Crippen LogP contribution in [-0.2, 0) is 6.54 Å². The number of hydrogen-bond acceptors (Lipinski definition) is 4. The number of nitrogens with zero attached hydrogens (tertiary/aromatic N) is 3. The molecule has 2 rings (SSSR count). The van der Waals surface area contributed by atoms with Crippen LogP contribution in [0.25, 0.3) is 0 Å². The van der Waals surface area contributed by atoms with Gasteiger partial charge < -0.3 is 9.88 Å². The Bertz CT molecular complexity index is 616. The number of hydrogen-bond donors (Lipinski definition) is 1. The SMILES string of the molecule is CC(Cn1ccnc1)Nc1cc(Cl)c(Cl)cc1[N+](=O)[O-]. The number of halogens is 2. The maximum Gasteiger partial charge on any atom is 0.293 e. The van der Waals surface area contributed by atoms with Crippen LogP contribution >= 0.6 is 23.2 Å². The van der Waals surface area contributed by atoms with Crippen LogP contribution in [0.1, 0.15) is 6.92 Å². The molecule has 2 aromatic rings. The Morgan fingerprint density at radius 2 is 2.15 bits per heavy atom. The predicted molar refractivity (Wildman–Crippen MR) is 78.4 cm³/mol. The van der Waals surface area contributed by atoms with Gasteiger partial charge in [0.2, 0.25) is 0 Å². The number of nitro benzene ring substituents is 1. The van der Waals surface area contributed by atoms with Crippen molar-refractivity contribution in [3.63, 3.8) is 0 Å². The number of rotatable bonds is 5. The molecule has 0 aliphatic rings. The van der Waals surface area contributed by atoms with E-state index in [1.54, 1.807) is 12.5 Å². The monoisotopic (exact) mass is 314 g/mol. The highest BCUT2D eigenvalue weighted by atomic mass is 35.5. The maximum absolute atomic E-state index is 11.0. The third kappa shape index (κ3) is 3.40. The Labute approximate surface area is 125 Å². The molecular weight excluding hydrogens is 303 g/mol. The van der Waals surface area contributed by atoms with Gasteiger partial charge in [-0.15, -0.1) is 0 Å². The van der Waals surface area contributed by atoms with Crippen molar-refractivity contribution in [3.8, 4) is 0 Å². The smallest absolute Gasteiger partial charge is 0.293 e. The number of anilines is 1. The largest absolute Gasteiger partial charge is 0.375 e. The average Bonchev–Trinajstić information content (AvgIpc) is 2.85. The minimum atomic E-state index is -0.492. The van der Waals surface area contributed by atoms with Gasteiger partial charge in [-0.1, -0.05) is 23.2 Å². The quantitative estimate of drug-likeness (QED) is 0.676. The summed E-state index contributed by atoms with van der Waals surface area (Å²) in [6, 6.07) is 2.67. The molecule has 1 N–H and O–H groups in total. The Morgan fingerprint density at radius 1 is 1.45 bits per heavy atom. The molecule has 0 spiro atoms. The molecule has 0 saturated carbocycles.